The minimum absolute atomic E-state index is 0.216. The van der Waals surface area contributed by atoms with Crippen LogP contribution in [0.1, 0.15) is 46.5 Å². The Bertz CT molecular complexity index is 126. The number of rotatable bonds is 8. The molecule has 86 valence electrons. The molecule has 0 bridgehead atoms. The van der Waals surface area contributed by atoms with Crippen molar-refractivity contribution in [3.8, 4) is 0 Å². The van der Waals surface area contributed by atoms with Crippen molar-refractivity contribution in [3.05, 3.63) is 0 Å². The zero-order chi connectivity index (χ0) is 11.0. The number of unbranched alkanes of at least 4 members (excludes halogenated alkanes) is 1. The molecule has 0 heterocycles. The molecule has 0 fully saturated rings. The first kappa shape index (κ1) is 13.9. The number of aliphatic hydroxyl groups is 2. The highest BCUT2D eigenvalue weighted by molar-refractivity contribution is 4.73. The second-order valence-corrected chi connectivity index (χ2v) is 3.78. The fourth-order valence-electron chi connectivity index (χ4n) is 1.33. The molecule has 0 spiro atoms. The first-order valence-electron chi connectivity index (χ1n) is 5.61. The van der Waals surface area contributed by atoms with Crippen LogP contribution in [0.25, 0.3) is 0 Å². The van der Waals surface area contributed by atoms with Crippen LogP contribution in [0, 0.1) is 0 Å². The molecule has 0 saturated heterocycles. The normalized spacial score (nSPS) is 17.8. The SMILES string of the molecule is CCCCOC(CCC)C(O)C(C)O. The Morgan fingerprint density at radius 2 is 1.79 bits per heavy atom. The molecule has 3 unspecified atom stereocenters. The summed E-state index contributed by atoms with van der Waals surface area (Å²) in [5.74, 6) is 0. The fraction of sp³-hybridized carbons (Fsp3) is 1.00. The monoisotopic (exact) mass is 204 g/mol. The smallest absolute Gasteiger partial charge is 0.106 e. The molecule has 2 N–H and O–H groups in total. The summed E-state index contributed by atoms with van der Waals surface area (Å²) in [6.45, 7) is 6.41. The van der Waals surface area contributed by atoms with Gasteiger partial charge in [-0.1, -0.05) is 26.7 Å². The van der Waals surface area contributed by atoms with Crippen LogP contribution in [-0.2, 0) is 4.74 Å². The van der Waals surface area contributed by atoms with Crippen molar-refractivity contribution in [1.82, 2.24) is 0 Å². The molecule has 0 amide bonds. The van der Waals surface area contributed by atoms with Crippen molar-refractivity contribution in [1.29, 1.82) is 0 Å². The van der Waals surface area contributed by atoms with E-state index in [-0.39, 0.29) is 6.10 Å². The van der Waals surface area contributed by atoms with Crippen molar-refractivity contribution in [2.24, 2.45) is 0 Å². The van der Waals surface area contributed by atoms with Crippen LogP contribution >= 0.6 is 0 Å². The zero-order valence-corrected chi connectivity index (χ0v) is 9.57. The van der Waals surface area contributed by atoms with E-state index in [1.807, 2.05) is 6.92 Å². The lowest BCUT2D eigenvalue weighted by Gasteiger charge is -2.24. The summed E-state index contributed by atoms with van der Waals surface area (Å²) in [7, 11) is 0. The predicted molar refractivity (Wildman–Crippen MR) is 57.2 cm³/mol. The predicted octanol–water partition coefficient (Wildman–Crippen LogP) is 1.71. The molecule has 3 nitrogen and oxygen atoms in total. The van der Waals surface area contributed by atoms with Crippen LogP contribution < -0.4 is 0 Å². The van der Waals surface area contributed by atoms with Gasteiger partial charge < -0.3 is 14.9 Å². The molecule has 0 aromatic rings. The Labute approximate surface area is 87.1 Å². The molecular formula is C11H24O3. The Kier molecular flexibility index (Phi) is 8.14. The first-order valence-corrected chi connectivity index (χ1v) is 5.61. The minimum Gasteiger partial charge on any atom is -0.391 e. The third-order valence-corrected chi connectivity index (χ3v) is 2.28. The van der Waals surface area contributed by atoms with Crippen molar-refractivity contribution in [2.45, 2.75) is 64.8 Å². The van der Waals surface area contributed by atoms with E-state index < -0.39 is 12.2 Å². The highest BCUT2D eigenvalue weighted by Gasteiger charge is 2.22. The molecule has 0 aliphatic rings. The Hall–Kier alpha value is -0.120. The maximum absolute atomic E-state index is 9.64. The molecule has 0 aliphatic heterocycles. The summed E-state index contributed by atoms with van der Waals surface area (Å²) in [5.41, 5.74) is 0. The lowest BCUT2D eigenvalue weighted by molar-refractivity contribution is -0.0879. The van der Waals surface area contributed by atoms with Crippen LogP contribution in [0.5, 0.6) is 0 Å². The quantitative estimate of drug-likeness (QED) is 0.592. The summed E-state index contributed by atoms with van der Waals surface area (Å²) in [5, 5.41) is 18.9. The van der Waals surface area contributed by atoms with Gasteiger partial charge in [0.2, 0.25) is 0 Å². The van der Waals surface area contributed by atoms with Gasteiger partial charge in [0.05, 0.1) is 12.2 Å². The maximum atomic E-state index is 9.64. The van der Waals surface area contributed by atoms with Gasteiger partial charge in [-0.25, -0.2) is 0 Å². The Morgan fingerprint density at radius 3 is 2.21 bits per heavy atom. The molecule has 0 aromatic heterocycles. The van der Waals surface area contributed by atoms with Crippen LogP contribution in [0.15, 0.2) is 0 Å². The summed E-state index contributed by atoms with van der Waals surface area (Å²) in [4.78, 5) is 0. The standard InChI is InChI=1S/C11H24O3/c1-4-6-8-14-10(7-5-2)11(13)9(3)12/h9-13H,4-8H2,1-3H3. The summed E-state index contributed by atoms with van der Waals surface area (Å²) in [6.07, 6.45) is 2.17. The van der Waals surface area contributed by atoms with Crippen LogP contribution in [0.2, 0.25) is 0 Å². The second kappa shape index (κ2) is 8.21. The van der Waals surface area contributed by atoms with Crippen LogP contribution in [-0.4, -0.2) is 35.1 Å². The lowest BCUT2D eigenvalue weighted by Crippen LogP contribution is -2.37. The van der Waals surface area contributed by atoms with E-state index in [0.29, 0.717) is 6.61 Å². The van der Waals surface area contributed by atoms with Crippen molar-refractivity contribution in [2.75, 3.05) is 6.61 Å². The first-order chi connectivity index (χ1) is 6.63. The zero-order valence-electron chi connectivity index (χ0n) is 9.57. The molecule has 14 heavy (non-hydrogen) atoms. The van der Waals surface area contributed by atoms with Crippen molar-refractivity contribution < 1.29 is 14.9 Å². The molecule has 3 heteroatoms. The summed E-state index contributed by atoms with van der Waals surface area (Å²) >= 11 is 0. The van der Waals surface area contributed by atoms with E-state index in [4.69, 9.17) is 4.74 Å². The third kappa shape index (κ3) is 5.58. The van der Waals surface area contributed by atoms with Gasteiger partial charge in [0.15, 0.2) is 0 Å². The topological polar surface area (TPSA) is 49.7 Å². The van der Waals surface area contributed by atoms with E-state index >= 15 is 0 Å². The van der Waals surface area contributed by atoms with Gasteiger partial charge in [-0.2, -0.15) is 0 Å². The van der Waals surface area contributed by atoms with Gasteiger partial charge in [0, 0.05) is 6.61 Å². The summed E-state index contributed by atoms with van der Waals surface area (Å²) in [6, 6.07) is 0. The third-order valence-electron chi connectivity index (χ3n) is 2.28. The molecular weight excluding hydrogens is 180 g/mol. The molecule has 0 rings (SSSR count). The maximum Gasteiger partial charge on any atom is 0.106 e. The van der Waals surface area contributed by atoms with Crippen molar-refractivity contribution >= 4 is 0 Å². The average Bonchev–Trinajstić information content (AvgIpc) is 2.15. The Balaban J connectivity index is 3.87. The molecule has 0 radical (unpaired) electrons. The van der Waals surface area contributed by atoms with Gasteiger partial charge in [0.25, 0.3) is 0 Å². The van der Waals surface area contributed by atoms with Gasteiger partial charge >= 0.3 is 0 Å². The number of hydrogen-bond acceptors (Lipinski definition) is 3. The van der Waals surface area contributed by atoms with E-state index in [1.165, 1.54) is 0 Å². The molecule has 3 atom stereocenters. The molecule has 0 saturated carbocycles. The van der Waals surface area contributed by atoms with E-state index in [2.05, 4.69) is 6.92 Å². The number of hydrogen-bond donors (Lipinski definition) is 2. The van der Waals surface area contributed by atoms with E-state index in [1.54, 1.807) is 6.92 Å². The van der Waals surface area contributed by atoms with E-state index in [9.17, 15) is 10.2 Å². The molecule has 0 aliphatic carbocycles. The van der Waals surface area contributed by atoms with Gasteiger partial charge in [0.1, 0.15) is 6.10 Å². The van der Waals surface area contributed by atoms with Gasteiger partial charge in [-0.15, -0.1) is 0 Å². The van der Waals surface area contributed by atoms with Crippen LogP contribution in [0.3, 0.4) is 0 Å². The van der Waals surface area contributed by atoms with Gasteiger partial charge in [-0.3, -0.25) is 0 Å². The fourth-order valence-corrected chi connectivity index (χ4v) is 1.33. The van der Waals surface area contributed by atoms with Crippen molar-refractivity contribution in [3.63, 3.8) is 0 Å². The average molecular weight is 204 g/mol. The van der Waals surface area contributed by atoms with Crippen LogP contribution in [0.4, 0.5) is 0 Å². The largest absolute Gasteiger partial charge is 0.391 e. The highest BCUT2D eigenvalue weighted by Crippen LogP contribution is 2.11. The minimum atomic E-state index is -0.758. The molecule has 0 aromatic carbocycles. The number of aliphatic hydroxyl groups excluding tert-OH is 2. The van der Waals surface area contributed by atoms with E-state index in [0.717, 1.165) is 25.7 Å². The summed E-state index contributed by atoms with van der Waals surface area (Å²) < 4.78 is 5.54. The second-order valence-electron chi connectivity index (χ2n) is 3.78. The Morgan fingerprint density at radius 1 is 1.14 bits per heavy atom. The number of ether oxygens (including phenoxy) is 1. The highest BCUT2D eigenvalue weighted by atomic mass is 16.5. The van der Waals surface area contributed by atoms with Gasteiger partial charge in [-0.05, 0) is 19.8 Å². The lowest BCUT2D eigenvalue weighted by atomic mass is 10.0.